The summed E-state index contributed by atoms with van der Waals surface area (Å²) in [5, 5.41) is 2.41. The van der Waals surface area contributed by atoms with Gasteiger partial charge in [-0.2, -0.15) is 5.01 Å². The molecule has 1 aliphatic rings. The van der Waals surface area contributed by atoms with Crippen LogP contribution in [-0.2, 0) is 0 Å². The summed E-state index contributed by atoms with van der Waals surface area (Å²) in [6, 6.07) is 0. The predicted molar refractivity (Wildman–Crippen MR) is 48.0 cm³/mol. The van der Waals surface area contributed by atoms with E-state index < -0.39 is 0 Å². The Bertz CT molecular complexity index is 150. The molecule has 1 rings (SSSR count). The normalized spacial score (nSPS) is 30.3. The molecule has 0 aromatic carbocycles. The molecular formula is C9H21N2+. The summed E-state index contributed by atoms with van der Waals surface area (Å²) in [6.07, 6.45) is 1.32. The predicted octanol–water partition coefficient (Wildman–Crippen LogP) is 1.34. The number of hydrogen-bond acceptors (Lipinski definition) is 1. The average molecular weight is 157 g/mol. The quantitative estimate of drug-likeness (QED) is 0.480. The maximum absolute atomic E-state index is 2.41. The molecule has 1 aliphatic heterocycles. The highest BCUT2D eigenvalue weighted by molar-refractivity contribution is 4.71. The summed E-state index contributed by atoms with van der Waals surface area (Å²) in [5.74, 6) is 0. The molecule has 0 aromatic heterocycles. The third kappa shape index (κ3) is 1.94. The smallest absolute Gasteiger partial charge is 0.101 e. The van der Waals surface area contributed by atoms with E-state index in [0.29, 0.717) is 5.41 Å². The van der Waals surface area contributed by atoms with E-state index in [1.807, 2.05) is 0 Å². The van der Waals surface area contributed by atoms with Gasteiger partial charge in [-0.1, -0.05) is 13.8 Å². The van der Waals surface area contributed by atoms with Crippen LogP contribution in [0.15, 0.2) is 0 Å². The first-order chi connectivity index (χ1) is 4.83. The molecule has 0 aromatic rings. The highest BCUT2D eigenvalue weighted by atomic mass is 15.7. The van der Waals surface area contributed by atoms with Crippen LogP contribution in [0.3, 0.4) is 0 Å². The zero-order valence-electron chi connectivity index (χ0n) is 8.52. The Hall–Kier alpha value is -0.0800. The van der Waals surface area contributed by atoms with Gasteiger partial charge in [0.2, 0.25) is 0 Å². The Morgan fingerprint density at radius 1 is 1.27 bits per heavy atom. The van der Waals surface area contributed by atoms with Crippen molar-refractivity contribution in [3.05, 3.63) is 0 Å². The number of quaternary nitrogens is 1. The van der Waals surface area contributed by atoms with E-state index in [2.05, 4.69) is 40.0 Å². The van der Waals surface area contributed by atoms with E-state index in [-0.39, 0.29) is 0 Å². The molecule has 2 heteroatoms. The van der Waals surface area contributed by atoms with Crippen LogP contribution in [0.4, 0.5) is 0 Å². The summed E-state index contributed by atoms with van der Waals surface area (Å²) in [6.45, 7) is 7.20. The van der Waals surface area contributed by atoms with Gasteiger partial charge in [-0.15, -0.1) is 0 Å². The van der Waals surface area contributed by atoms with Crippen LogP contribution in [0, 0.1) is 5.41 Å². The highest BCUT2D eigenvalue weighted by Crippen LogP contribution is 2.29. The second-order valence-corrected chi connectivity index (χ2v) is 5.07. The molecule has 1 saturated heterocycles. The Balaban J connectivity index is 2.67. The molecule has 2 nitrogen and oxygen atoms in total. The fraction of sp³-hybridized carbons (Fsp3) is 1.00. The van der Waals surface area contributed by atoms with Crippen LogP contribution >= 0.6 is 0 Å². The lowest BCUT2D eigenvalue weighted by atomic mass is 9.87. The van der Waals surface area contributed by atoms with Crippen LogP contribution in [0.2, 0.25) is 0 Å². The third-order valence-corrected chi connectivity index (χ3v) is 2.85. The van der Waals surface area contributed by atoms with Gasteiger partial charge in [0.1, 0.15) is 6.54 Å². The summed E-state index contributed by atoms with van der Waals surface area (Å²) in [4.78, 5) is 0. The van der Waals surface area contributed by atoms with Gasteiger partial charge in [0.05, 0.1) is 14.1 Å². The summed E-state index contributed by atoms with van der Waals surface area (Å²) in [7, 11) is 6.76. The lowest BCUT2D eigenvalue weighted by Gasteiger charge is -2.47. The highest BCUT2D eigenvalue weighted by Gasteiger charge is 2.37. The van der Waals surface area contributed by atoms with Gasteiger partial charge >= 0.3 is 0 Å². The fourth-order valence-corrected chi connectivity index (χ4v) is 1.98. The van der Waals surface area contributed by atoms with Crippen LogP contribution in [0.1, 0.15) is 20.3 Å². The van der Waals surface area contributed by atoms with Crippen molar-refractivity contribution in [3.8, 4) is 0 Å². The standard InChI is InChI=1S/C9H21N2/c1-9(2)6-7-10(3)11(4,5)8-9/h6-8H2,1-5H3/q+1. The van der Waals surface area contributed by atoms with Crippen molar-refractivity contribution in [1.82, 2.24) is 5.01 Å². The average Bonchev–Trinajstić information content (AvgIpc) is 1.77. The molecule has 0 N–H and O–H groups in total. The number of nitrogens with zero attached hydrogens (tertiary/aromatic N) is 2. The van der Waals surface area contributed by atoms with Crippen LogP contribution in [-0.4, -0.2) is 43.8 Å². The van der Waals surface area contributed by atoms with Crippen molar-refractivity contribution in [2.75, 3.05) is 34.2 Å². The largest absolute Gasteiger partial charge is 0.248 e. The van der Waals surface area contributed by atoms with Gasteiger partial charge in [0, 0.05) is 19.0 Å². The van der Waals surface area contributed by atoms with E-state index in [0.717, 1.165) is 4.59 Å². The maximum Gasteiger partial charge on any atom is 0.101 e. The van der Waals surface area contributed by atoms with Crippen molar-refractivity contribution in [2.45, 2.75) is 20.3 Å². The van der Waals surface area contributed by atoms with Crippen LogP contribution in [0.5, 0.6) is 0 Å². The van der Waals surface area contributed by atoms with Crippen LogP contribution < -0.4 is 0 Å². The first kappa shape index (κ1) is 9.01. The van der Waals surface area contributed by atoms with E-state index in [9.17, 15) is 0 Å². The van der Waals surface area contributed by atoms with E-state index in [1.54, 1.807) is 0 Å². The second kappa shape index (κ2) is 2.46. The third-order valence-electron chi connectivity index (χ3n) is 2.85. The molecule has 0 radical (unpaired) electrons. The topological polar surface area (TPSA) is 3.24 Å². The van der Waals surface area contributed by atoms with Crippen LogP contribution in [0.25, 0.3) is 0 Å². The van der Waals surface area contributed by atoms with Gasteiger partial charge in [-0.25, -0.2) is 4.59 Å². The zero-order valence-corrected chi connectivity index (χ0v) is 8.52. The van der Waals surface area contributed by atoms with E-state index in [4.69, 9.17) is 0 Å². The molecular weight excluding hydrogens is 136 g/mol. The molecule has 0 spiro atoms. The van der Waals surface area contributed by atoms with Crippen molar-refractivity contribution in [3.63, 3.8) is 0 Å². The van der Waals surface area contributed by atoms with E-state index in [1.165, 1.54) is 19.5 Å². The summed E-state index contributed by atoms with van der Waals surface area (Å²) in [5.41, 5.74) is 0.524. The molecule has 0 aliphatic carbocycles. The van der Waals surface area contributed by atoms with Crippen molar-refractivity contribution < 1.29 is 4.59 Å². The van der Waals surface area contributed by atoms with E-state index >= 15 is 0 Å². The molecule has 1 fully saturated rings. The lowest BCUT2D eigenvalue weighted by Crippen LogP contribution is -2.60. The Kier molecular flexibility index (Phi) is 2.01. The molecule has 66 valence electrons. The molecule has 0 amide bonds. The van der Waals surface area contributed by atoms with Gasteiger partial charge in [-0.3, -0.25) is 0 Å². The Morgan fingerprint density at radius 2 is 1.82 bits per heavy atom. The van der Waals surface area contributed by atoms with Gasteiger partial charge in [-0.05, 0) is 6.42 Å². The number of hydrogen-bond donors (Lipinski definition) is 0. The minimum atomic E-state index is 0.524. The van der Waals surface area contributed by atoms with Crippen molar-refractivity contribution in [1.29, 1.82) is 0 Å². The fourth-order valence-electron chi connectivity index (χ4n) is 1.98. The minimum absolute atomic E-state index is 0.524. The first-order valence-electron chi connectivity index (χ1n) is 4.38. The SMILES string of the molecule is CN1CCC(C)(C)C[N+]1(C)C. The monoisotopic (exact) mass is 157 g/mol. The molecule has 11 heavy (non-hydrogen) atoms. The Labute approximate surface area is 70.4 Å². The zero-order chi connectivity index (χ0) is 8.70. The van der Waals surface area contributed by atoms with Crippen molar-refractivity contribution in [2.24, 2.45) is 5.41 Å². The van der Waals surface area contributed by atoms with Gasteiger partial charge in [0.25, 0.3) is 0 Å². The molecule has 0 unspecified atom stereocenters. The van der Waals surface area contributed by atoms with Gasteiger partial charge in [0.15, 0.2) is 0 Å². The Morgan fingerprint density at radius 3 is 2.18 bits per heavy atom. The second-order valence-electron chi connectivity index (χ2n) is 5.07. The first-order valence-corrected chi connectivity index (χ1v) is 4.38. The minimum Gasteiger partial charge on any atom is -0.248 e. The summed E-state index contributed by atoms with van der Waals surface area (Å²) < 4.78 is 1.03. The van der Waals surface area contributed by atoms with Gasteiger partial charge < -0.3 is 0 Å². The molecule has 0 atom stereocenters. The molecule has 1 heterocycles. The molecule has 0 bridgehead atoms. The van der Waals surface area contributed by atoms with Crippen molar-refractivity contribution >= 4 is 0 Å². The summed E-state index contributed by atoms with van der Waals surface area (Å²) >= 11 is 0. The number of rotatable bonds is 0. The lowest BCUT2D eigenvalue weighted by molar-refractivity contribution is -1.01. The molecule has 0 saturated carbocycles. The maximum atomic E-state index is 2.41.